The molecule has 0 bridgehead atoms. The lowest BCUT2D eigenvalue weighted by atomic mass is 9.68. The largest absolute Gasteiger partial charge is 0.243 e. The van der Waals surface area contributed by atoms with Crippen molar-refractivity contribution >= 4 is 16.1 Å². The second-order valence-corrected chi connectivity index (χ2v) is 25.7. The van der Waals surface area contributed by atoms with Gasteiger partial charge in [0.15, 0.2) is 18.2 Å². The molecule has 0 N–H and O–H groups in total. The van der Waals surface area contributed by atoms with Crippen LogP contribution >= 0.6 is 0 Å². The predicted molar refractivity (Wildman–Crippen MR) is 145 cm³/mol. The summed E-state index contributed by atoms with van der Waals surface area (Å²) in [7, 11) is -2.49. The van der Waals surface area contributed by atoms with Crippen LogP contribution in [0.4, 0.5) is 22.0 Å². The lowest BCUT2D eigenvalue weighted by Crippen LogP contribution is -2.44. The van der Waals surface area contributed by atoms with Crippen LogP contribution in [0.15, 0.2) is 23.3 Å². The van der Waals surface area contributed by atoms with Crippen molar-refractivity contribution in [2.45, 2.75) is 127 Å². The smallest absolute Gasteiger partial charge is 0.188 e. The van der Waals surface area contributed by atoms with Crippen LogP contribution in [0.1, 0.15) is 57.8 Å². The highest BCUT2D eigenvalue weighted by atomic mass is 28.3. The van der Waals surface area contributed by atoms with E-state index in [1.54, 1.807) is 0 Å². The summed E-state index contributed by atoms with van der Waals surface area (Å²) >= 11 is 0. The van der Waals surface area contributed by atoms with Crippen molar-refractivity contribution in [1.82, 2.24) is 0 Å². The molecule has 8 unspecified atom stereocenters. The summed E-state index contributed by atoms with van der Waals surface area (Å²) in [6.45, 7) is 14.5. The Labute approximate surface area is 217 Å². The van der Waals surface area contributed by atoms with Crippen molar-refractivity contribution in [2.75, 3.05) is 0 Å². The molecule has 0 aromatic heterocycles. The van der Waals surface area contributed by atoms with Gasteiger partial charge in [-0.2, -0.15) is 0 Å². The maximum Gasteiger partial charge on any atom is 0.188 e. The van der Waals surface area contributed by atoms with Crippen molar-refractivity contribution in [2.24, 2.45) is 29.6 Å². The Morgan fingerprint density at radius 3 is 1.81 bits per heavy atom. The Bertz CT molecular complexity index is 849. The summed E-state index contributed by atoms with van der Waals surface area (Å²) in [5.74, 6) is -4.43. The molecule has 0 heterocycles. The summed E-state index contributed by atoms with van der Waals surface area (Å²) in [5.41, 5.74) is 2.90. The maximum absolute atomic E-state index is 15.2. The van der Waals surface area contributed by atoms with Crippen LogP contribution in [0.25, 0.3) is 0 Å². The van der Waals surface area contributed by atoms with Crippen LogP contribution in [0, 0.1) is 29.6 Å². The second kappa shape index (κ2) is 10.6. The Hall–Kier alpha value is -0.436. The average molecular weight is 547 g/mol. The van der Waals surface area contributed by atoms with Crippen molar-refractivity contribution in [3.05, 3.63) is 23.3 Å². The molecule has 0 amide bonds. The quantitative estimate of drug-likeness (QED) is 0.183. The molecule has 2 fully saturated rings. The van der Waals surface area contributed by atoms with Gasteiger partial charge in [-0.25, -0.2) is 22.0 Å². The third-order valence-electron chi connectivity index (χ3n) is 10.6. The minimum atomic E-state index is -2.82. The van der Waals surface area contributed by atoms with E-state index < -0.39 is 58.2 Å². The number of hydrogen-bond acceptors (Lipinski definition) is 0. The Morgan fingerprint density at radius 2 is 1.28 bits per heavy atom. The number of allylic oxidation sites excluding steroid dienone is 4. The van der Waals surface area contributed by atoms with E-state index in [0.29, 0.717) is 12.3 Å². The fourth-order valence-electron chi connectivity index (χ4n) is 8.14. The van der Waals surface area contributed by atoms with Gasteiger partial charge in [0.1, 0.15) is 12.0 Å². The van der Waals surface area contributed by atoms with Crippen LogP contribution in [-0.4, -0.2) is 34.7 Å². The van der Waals surface area contributed by atoms with Gasteiger partial charge in [-0.3, -0.25) is 0 Å². The molecule has 4 aliphatic rings. The van der Waals surface area contributed by atoms with Crippen molar-refractivity contribution in [3.8, 4) is 0 Å². The van der Waals surface area contributed by atoms with Crippen LogP contribution in [0.3, 0.4) is 0 Å². The molecule has 0 saturated heterocycles. The first kappa shape index (κ1) is 28.6. The van der Waals surface area contributed by atoms with Crippen LogP contribution in [0.5, 0.6) is 0 Å². The summed E-state index contributed by atoms with van der Waals surface area (Å²) in [6, 6.07) is 0. The third-order valence-corrected chi connectivity index (χ3v) is 16.6. The molecule has 36 heavy (non-hydrogen) atoms. The number of rotatable bonds is 5. The molecule has 8 atom stereocenters. The Balaban J connectivity index is 1.59. The highest BCUT2D eigenvalue weighted by Gasteiger charge is 2.55. The van der Waals surface area contributed by atoms with Gasteiger partial charge in [0.2, 0.25) is 0 Å². The fraction of sp³-hybridized carbons (Fsp3) is 0.862. The molecule has 0 aliphatic heterocycles. The van der Waals surface area contributed by atoms with Gasteiger partial charge in [-0.15, -0.1) is 0 Å². The maximum atomic E-state index is 15.2. The molecule has 0 aromatic carbocycles. The molecule has 0 nitrogen and oxygen atoms in total. The third kappa shape index (κ3) is 5.62. The van der Waals surface area contributed by atoms with E-state index in [1.807, 2.05) is 0 Å². The van der Waals surface area contributed by atoms with Crippen molar-refractivity contribution in [3.63, 3.8) is 0 Å². The zero-order valence-electron chi connectivity index (χ0n) is 23.1. The predicted octanol–water partition coefficient (Wildman–Crippen LogP) is 10.1. The van der Waals surface area contributed by atoms with Gasteiger partial charge in [0, 0.05) is 16.1 Å². The molecule has 4 rings (SSSR count). The van der Waals surface area contributed by atoms with Crippen molar-refractivity contribution < 1.29 is 22.0 Å². The molecule has 4 aliphatic carbocycles. The van der Waals surface area contributed by atoms with Gasteiger partial charge >= 0.3 is 0 Å². The number of halogens is 5. The van der Waals surface area contributed by atoms with E-state index in [4.69, 9.17) is 0 Å². The molecular formula is C29H47F5Si2. The SMILES string of the molecule is C[Si](C)(C)C1CC=C(C2CC(C3CCC([Si](C)(C)C)CC3)C(C3C(F)=C(F)C(F)C(F)C3F)C2)CC1. The number of hydrogen-bond donors (Lipinski definition) is 0. The molecule has 7 heteroatoms. The first-order chi connectivity index (χ1) is 16.7. The standard InChI is InChI=1S/C29H47F5Si2/c1-35(2,3)20-11-7-17(8-12-20)19-15-22(18-9-13-21(14-10-18)36(4,5)6)23(16-19)24-25(30)27(32)29(34)28(33)26(24)31/h7,18-25,27,29H,8-16H2,1-6H3. The van der Waals surface area contributed by atoms with Crippen LogP contribution in [0.2, 0.25) is 50.4 Å². The van der Waals surface area contributed by atoms with Crippen LogP contribution < -0.4 is 0 Å². The highest BCUT2D eigenvalue weighted by Crippen LogP contribution is 2.57. The Kier molecular flexibility index (Phi) is 8.42. The van der Waals surface area contributed by atoms with Gasteiger partial charge in [-0.05, 0) is 66.9 Å². The first-order valence-electron chi connectivity index (χ1n) is 14.4. The summed E-state index contributed by atoms with van der Waals surface area (Å²) in [5, 5.41) is 0. The zero-order chi connectivity index (χ0) is 26.6. The zero-order valence-corrected chi connectivity index (χ0v) is 25.1. The molecule has 206 valence electrons. The molecule has 2 saturated carbocycles. The minimum absolute atomic E-state index is 0.0401. The summed E-state index contributed by atoms with van der Waals surface area (Å²) in [4.78, 5) is 0. The second-order valence-electron chi connectivity index (χ2n) is 14.6. The molecule has 0 aromatic rings. The van der Waals surface area contributed by atoms with Gasteiger partial charge in [0.05, 0.1) is 5.92 Å². The van der Waals surface area contributed by atoms with E-state index in [0.717, 1.165) is 56.0 Å². The number of alkyl halides is 3. The molecule has 0 spiro atoms. The fourth-order valence-corrected chi connectivity index (χ4v) is 12.0. The highest BCUT2D eigenvalue weighted by molar-refractivity contribution is 6.77. The van der Waals surface area contributed by atoms with E-state index >= 15 is 8.78 Å². The summed E-state index contributed by atoms with van der Waals surface area (Å²) in [6.07, 6.45) is 3.65. The van der Waals surface area contributed by atoms with E-state index in [2.05, 4.69) is 45.4 Å². The van der Waals surface area contributed by atoms with Gasteiger partial charge in [0.25, 0.3) is 0 Å². The van der Waals surface area contributed by atoms with E-state index in [-0.39, 0.29) is 11.8 Å². The van der Waals surface area contributed by atoms with Crippen molar-refractivity contribution in [1.29, 1.82) is 0 Å². The minimum Gasteiger partial charge on any atom is -0.243 e. The molecular weight excluding hydrogens is 499 g/mol. The van der Waals surface area contributed by atoms with Gasteiger partial charge < -0.3 is 0 Å². The van der Waals surface area contributed by atoms with Gasteiger partial charge in [-0.1, -0.05) is 76.6 Å². The van der Waals surface area contributed by atoms with E-state index in [1.165, 1.54) is 12.0 Å². The lowest BCUT2D eigenvalue weighted by Gasteiger charge is -2.42. The first-order valence-corrected chi connectivity index (χ1v) is 21.5. The normalized spacial score (nSPS) is 43.0. The average Bonchev–Trinajstić information content (AvgIpc) is 3.25. The topological polar surface area (TPSA) is 0 Å². The monoisotopic (exact) mass is 546 g/mol. The van der Waals surface area contributed by atoms with Crippen LogP contribution in [-0.2, 0) is 0 Å². The molecule has 0 radical (unpaired) electrons. The summed E-state index contributed by atoms with van der Waals surface area (Å²) < 4.78 is 73.1. The lowest BCUT2D eigenvalue weighted by molar-refractivity contribution is 0.000225. The Morgan fingerprint density at radius 1 is 0.694 bits per heavy atom. The van der Waals surface area contributed by atoms with E-state index in [9.17, 15) is 13.2 Å².